The Morgan fingerprint density at radius 2 is 2.33 bits per heavy atom. The minimum absolute atomic E-state index is 0.129. The van der Waals surface area contributed by atoms with Crippen molar-refractivity contribution in [1.82, 2.24) is 14.9 Å². The average Bonchev–Trinajstić information content (AvgIpc) is 2.75. The summed E-state index contributed by atoms with van der Waals surface area (Å²) in [5.41, 5.74) is 5.49. The van der Waals surface area contributed by atoms with Crippen LogP contribution in [-0.2, 0) is 13.6 Å². The van der Waals surface area contributed by atoms with Gasteiger partial charge in [-0.2, -0.15) is 0 Å². The second kappa shape index (κ2) is 4.87. The van der Waals surface area contributed by atoms with Crippen LogP contribution >= 0.6 is 0 Å². The van der Waals surface area contributed by atoms with E-state index in [0.717, 1.165) is 0 Å². The van der Waals surface area contributed by atoms with Gasteiger partial charge in [0.05, 0.1) is 17.8 Å². The Labute approximate surface area is 103 Å². The molecule has 0 saturated carbocycles. The third-order valence-corrected chi connectivity index (χ3v) is 2.63. The van der Waals surface area contributed by atoms with Gasteiger partial charge in [-0.25, -0.2) is 9.37 Å². The Kier molecular flexibility index (Phi) is 3.27. The van der Waals surface area contributed by atoms with Crippen LogP contribution in [0.4, 0.5) is 10.1 Å². The molecule has 0 aliphatic carbocycles. The Bertz CT molecular complexity index is 579. The maximum atomic E-state index is 13.2. The number of benzene rings is 1. The van der Waals surface area contributed by atoms with Crippen molar-refractivity contribution in [3.8, 4) is 0 Å². The monoisotopic (exact) mass is 248 g/mol. The Hall–Kier alpha value is -2.37. The molecule has 5 nitrogen and oxygen atoms in total. The van der Waals surface area contributed by atoms with Crippen molar-refractivity contribution in [2.45, 2.75) is 6.54 Å². The maximum Gasteiger partial charge on any atom is 0.253 e. The standard InChI is InChI=1S/C12H13FN4O/c1-17-6-5-15-10(17)7-16-12(18)8-3-2-4-9(13)11(8)14/h2-6H,7,14H2,1H3,(H,16,18). The van der Waals surface area contributed by atoms with E-state index in [9.17, 15) is 9.18 Å². The van der Waals surface area contributed by atoms with E-state index in [1.807, 2.05) is 7.05 Å². The summed E-state index contributed by atoms with van der Waals surface area (Å²) in [7, 11) is 1.82. The molecule has 0 atom stereocenters. The van der Waals surface area contributed by atoms with Gasteiger partial charge in [0.2, 0.25) is 0 Å². The summed E-state index contributed by atoms with van der Waals surface area (Å²) in [6, 6.07) is 4.14. The Morgan fingerprint density at radius 3 is 3.00 bits per heavy atom. The summed E-state index contributed by atoms with van der Waals surface area (Å²) in [6.45, 7) is 0.262. The number of hydrogen-bond acceptors (Lipinski definition) is 3. The van der Waals surface area contributed by atoms with Gasteiger partial charge < -0.3 is 15.6 Å². The van der Waals surface area contributed by atoms with Crippen LogP contribution in [0.25, 0.3) is 0 Å². The van der Waals surface area contributed by atoms with E-state index in [1.165, 1.54) is 18.2 Å². The molecule has 0 aliphatic rings. The summed E-state index contributed by atoms with van der Waals surface area (Å²) >= 11 is 0. The molecule has 0 spiro atoms. The SMILES string of the molecule is Cn1ccnc1CNC(=O)c1cccc(F)c1N. The predicted molar refractivity (Wildman–Crippen MR) is 65.2 cm³/mol. The lowest BCUT2D eigenvalue weighted by atomic mass is 10.1. The van der Waals surface area contributed by atoms with Gasteiger partial charge in [0, 0.05) is 19.4 Å². The highest BCUT2D eigenvalue weighted by atomic mass is 19.1. The highest BCUT2D eigenvalue weighted by Crippen LogP contribution is 2.15. The van der Waals surface area contributed by atoms with Crippen LogP contribution < -0.4 is 11.1 Å². The van der Waals surface area contributed by atoms with Crippen molar-refractivity contribution in [2.75, 3.05) is 5.73 Å². The van der Waals surface area contributed by atoms with E-state index in [4.69, 9.17) is 5.73 Å². The first-order chi connectivity index (χ1) is 8.59. The number of aromatic nitrogens is 2. The summed E-state index contributed by atoms with van der Waals surface area (Å²) in [5, 5.41) is 2.64. The van der Waals surface area contributed by atoms with Gasteiger partial charge in [-0.15, -0.1) is 0 Å². The predicted octanol–water partition coefficient (Wildman–Crippen LogP) is 1.07. The number of nitrogens with one attached hydrogen (secondary N) is 1. The molecule has 0 aliphatic heterocycles. The van der Waals surface area contributed by atoms with E-state index in [2.05, 4.69) is 10.3 Å². The zero-order valence-electron chi connectivity index (χ0n) is 9.85. The minimum Gasteiger partial charge on any atom is -0.396 e. The quantitative estimate of drug-likeness (QED) is 0.798. The summed E-state index contributed by atoms with van der Waals surface area (Å²) in [4.78, 5) is 15.9. The molecule has 0 fully saturated rings. The van der Waals surface area contributed by atoms with Gasteiger partial charge in [-0.1, -0.05) is 6.07 Å². The summed E-state index contributed by atoms with van der Waals surface area (Å²) in [5.74, 6) is -0.312. The zero-order chi connectivity index (χ0) is 13.1. The van der Waals surface area contributed by atoms with Gasteiger partial charge >= 0.3 is 0 Å². The first-order valence-electron chi connectivity index (χ1n) is 5.38. The molecular formula is C12H13FN4O. The highest BCUT2D eigenvalue weighted by molar-refractivity contribution is 5.99. The fourth-order valence-corrected chi connectivity index (χ4v) is 1.56. The van der Waals surface area contributed by atoms with Crippen LogP contribution in [-0.4, -0.2) is 15.5 Å². The maximum absolute atomic E-state index is 13.2. The number of rotatable bonds is 3. The molecule has 0 radical (unpaired) electrons. The number of halogens is 1. The number of nitrogens with zero attached hydrogens (tertiary/aromatic N) is 2. The van der Waals surface area contributed by atoms with Gasteiger partial charge in [0.1, 0.15) is 11.6 Å². The van der Waals surface area contributed by atoms with Crippen molar-refractivity contribution >= 4 is 11.6 Å². The highest BCUT2D eigenvalue weighted by Gasteiger charge is 2.12. The van der Waals surface area contributed by atoms with E-state index < -0.39 is 11.7 Å². The van der Waals surface area contributed by atoms with Crippen molar-refractivity contribution < 1.29 is 9.18 Å². The third kappa shape index (κ3) is 2.32. The number of para-hydroxylation sites is 1. The second-order valence-electron chi connectivity index (χ2n) is 3.84. The number of nitrogens with two attached hydrogens (primary N) is 1. The lowest BCUT2D eigenvalue weighted by molar-refractivity contribution is 0.0950. The largest absolute Gasteiger partial charge is 0.396 e. The molecule has 2 aromatic rings. The topological polar surface area (TPSA) is 72.9 Å². The number of imidazole rings is 1. The number of carbonyl (C=O) groups excluding carboxylic acids is 1. The first kappa shape index (κ1) is 12.1. The van der Waals surface area contributed by atoms with E-state index >= 15 is 0 Å². The van der Waals surface area contributed by atoms with Crippen LogP contribution in [0.5, 0.6) is 0 Å². The fourth-order valence-electron chi connectivity index (χ4n) is 1.56. The molecular weight excluding hydrogens is 235 g/mol. The second-order valence-corrected chi connectivity index (χ2v) is 3.84. The Morgan fingerprint density at radius 1 is 1.56 bits per heavy atom. The molecule has 18 heavy (non-hydrogen) atoms. The van der Waals surface area contributed by atoms with Crippen molar-refractivity contribution in [3.63, 3.8) is 0 Å². The Balaban J connectivity index is 2.09. The van der Waals surface area contributed by atoms with Gasteiger partial charge in [0.15, 0.2) is 0 Å². The number of aryl methyl sites for hydroxylation is 1. The molecule has 1 heterocycles. The minimum atomic E-state index is -0.598. The molecule has 1 amide bonds. The zero-order valence-corrected chi connectivity index (χ0v) is 9.85. The van der Waals surface area contributed by atoms with Crippen LogP contribution in [0.3, 0.4) is 0 Å². The molecule has 2 rings (SSSR count). The number of amides is 1. The lowest BCUT2D eigenvalue weighted by Gasteiger charge is -2.07. The van der Waals surface area contributed by atoms with Crippen LogP contribution in [0.2, 0.25) is 0 Å². The van der Waals surface area contributed by atoms with Crippen molar-refractivity contribution in [2.24, 2.45) is 7.05 Å². The number of carbonyl (C=O) groups is 1. The van der Waals surface area contributed by atoms with E-state index in [-0.39, 0.29) is 17.8 Å². The van der Waals surface area contributed by atoms with Crippen LogP contribution in [0, 0.1) is 5.82 Å². The third-order valence-electron chi connectivity index (χ3n) is 2.63. The molecule has 1 aromatic heterocycles. The molecule has 6 heteroatoms. The summed E-state index contributed by atoms with van der Waals surface area (Å²) in [6.07, 6.45) is 3.41. The van der Waals surface area contributed by atoms with Gasteiger partial charge in [-0.3, -0.25) is 4.79 Å². The summed E-state index contributed by atoms with van der Waals surface area (Å²) < 4.78 is 15.0. The molecule has 94 valence electrons. The number of anilines is 1. The number of hydrogen-bond donors (Lipinski definition) is 2. The molecule has 0 bridgehead atoms. The smallest absolute Gasteiger partial charge is 0.253 e. The van der Waals surface area contributed by atoms with Crippen molar-refractivity contribution in [1.29, 1.82) is 0 Å². The fraction of sp³-hybridized carbons (Fsp3) is 0.167. The van der Waals surface area contributed by atoms with E-state index in [1.54, 1.807) is 17.0 Å². The lowest BCUT2D eigenvalue weighted by Crippen LogP contribution is -2.25. The van der Waals surface area contributed by atoms with Crippen molar-refractivity contribution in [3.05, 3.63) is 47.8 Å². The molecule has 3 N–H and O–H groups in total. The van der Waals surface area contributed by atoms with E-state index in [0.29, 0.717) is 5.82 Å². The van der Waals surface area contributed by atoms with Gasteiger partial charge in [-0.05, 0) is 12.1 Å². The molecule has 0 saturated heterocycles. The molecule has 0 unspecified atom stereocenters. The average molecular weight is 248 g/mol. The first-order valence-corrected chi connectivity index (χ1v) is 5.38. The normalized spacial score (nSPS) is 10.3. The van der Waals surface area contributed by atoms with Crippen LogP contribution in [0.1, 0.15) is 16.2 Å². The molecule has 1 aromatic carbocycles. The number of nitrogen functional groups attached to an aromatic ring is 1. The van der Waals surface area contributed by atoms with Crippen LogP contribution in [0.15, 0.2) is 30.6 Å². The van der Waals surface area contributed by atoms with Gasteiger partial charge in [0.25, 0.3) is 5.91 Å².